The minimum absolute atomic E-state index is 0.0863. The summed E-state index contributed by atoms with van der Waals surface area (Å²) in [5.41, 5.74) is 3.37. The number of hydrogen-bond donors (Lipinski definition) is 2. The summed E-state index contributed by atoms with van der Waals surface area (Å²) in [5, 5.41) is 2.59. The largest absolute Gasteiger partial charge is 0.457 e. The Kier molecular flexibility index (Phi) is 5.11. The minimum atomic E-state index is -0.441. The van der Waals surface area contributed by atoms with Gasteiger partial charge in [0, 0.05) is 13.5 Å². The van der Waals surface area contributed by atoms with E-state index >= 15 is 0 Å². The van der Waals surface area contributed by atoms with Gasteiger partial charge in [0.25, 0.3) is 5.91 Å². The first-order valence-electron chi connectivity index (χ1n) is 10.0. The lowest BCUT2D eigenvalue weighted by Gasteiger charge is -2.16. The van der Waals surface area contributed by atoms with E-state index in [1.807, 2.05) is 19.1 Å². The third-order valence-corrected chi connectivity index (χ3v) is 5.03. The fourth-order valence-electron chi connectivity index (χ4n) is 3.64. The van der Waals surface area contributed by atoms with Crippen molar-refractivity contribution in [2.24, 2.45) is 5.92 Å². The fourth-order valence-corrected chi connectivity index (χ4v) is 3.64. The van der Waals surface area contributed by atoms with Gasteiger partial charge in [0.15, 0.2) is 34.2 Å². The second-order valence-electron chi connectivity index (χ2n) is 7.58. The molecule has 1 amide bonds. The zero-order valence-electron chi connectivity index (χ0n) is 17.4. The summed E-state index contributed by atoms with van der Waals surface area (Å²) in [6, 6.07) is 7.17. The number of para-hydroxylation sites is 2. The number of aromatic amines is 1. The first kappa shape index (κ1) is 19.8. The Hall–Kier alpha value is -3.48. The summed E-state index contributed by atoms with van der Waals surface area (Å²) >= 11 is 0. The van der Waals surface area contributed by atoms with E-state index in [-0.39, 0.29) is 22.3 Å². The number of H-pyrrole nitrogens is 1. The Balaban J connectivity index is 2.24. The predicted molar refractivity (Wildman–Crippen MR) is 114 cm³/mol. The van der Waals surface area contributed by atoms with Crippen molar-refractivity contribution in [3.8, 4) is 0 Å². The minimum Gasteiger partial charge on any atom is -0.457 e. The highest BCUT2D eigenvalue weighted by molar-refractivity contribution is 6.18. The van der Waals surface area contributed by atoms with Crippen molar-refractivity contribution in [2.45, 2.75) is 33.6 Å². The molecule has 4 aromatic rings. The molecule has 0 bridgehead atoms. The van der Waals surface area contributed by atoms with E-state index in [0.717, 1.165) is 11.5 Å². The number of carbonyl (C=O) groups excluding carboxylic acids is 2. The number of aryl methyl sites for hydroxylation is 1. The molecule has 156 valence electrons. The lowest BCUT2D eigenvalue weighted by atomic mass is 10.0. The second-order valence-corrected chi connectivity index (χ2v) is 7.58. The number of nitrogens with one attached hydrogen (secondary N) is 2. The molecule has 0 atom stereocenters. The lowest BCUT2D eigenvalue weighted by Crippen LogP contribution is -2.20. The summed E-state index contributed by atoms with van der Waals surface area (Å²) in [6.45, 7) is 6.21. The third kappa shape index (κ3) is 3.16. The van der Waals surface area contributed by atoms with Gasteiger partial charge in [-0.1, -0.05) is 32.9 Å². The van der Waals surface area contributed by atoms with E-state index in [4.69, 9.17) is 13.3 Å². The molecular formula is C23H24N2O5. The Morgan fingerprint density at radius 1 is 1.10 bits per heavy atom. The van der Waals surface area contributed by atoms with E-state index in [1.165, 1.54) is 7.05 Å². The molecule has 7 heteroatoms. The average molecular weight is 408 g/mol. The molecule has 2 heterocycles. The van der Waals surface area contributed by atoms with E-state index in [1.54, 1.807) is 12.1 Å². The molecule has 7 nitrogen and oxygen atoms in total. The van der Waals surface area contributed by atoms with Gasteiger partial charge in [0.2, 0.25) is 0 Å². The highest BCUT2D eigenvalue weighted by Crippen LogP contribution is 2.35. The summed E-state index contributed by atoms with van der Waals surface area (Å²) < 4.78 is 18.4. The van der Waals surface area contributed by atoms with Crippen LogP contribution in [-0.4, -0.2) is 24.2 Å². The molecule has 0 radical (unpaired) electrons. The number of rotatable bonds is 5. The van der Waals surface area contributed by atoms with Crippen LogP contribution in [0.15, 0.2) is 37.5 Å². The first-order chi connectivity index (χ1) is 14.5. The maximum Gasteiger partial charge on any atom is 0.255 e. The Labute approximate surface area is 172 Å². The van der Waals surface area contributed by atoms with E-state index in [2.05, 4.69) is 24.1 Å². The Morgan fingerprint density at radius 2 is 1.77 bits per heavy atom. The molecule has 0 fully saturated rings. The van der Waals surface area contributed by atoms with Gasteiger partial charge < -0.3 is 23.6 Å². The highest BCUT2D eigenvalue weighted by Gasteiger charge is 2.26. The van der Waals surface area contributed by atoms with Crippen LogP contribution in [0.1, 0.15) is 52.9 Å². The molecule has 2 aromatic carbocycles. The SMILES string of the molecule is CCc1[nH]c2c(oc1CC(C)C)c(C(=O)NC)c(C=O)c1oc3ccccc3oc12. The number of fused-ring (bicyclic) bond motifs is 4. The molecule has 2 N–H and O–H groups in total. The normalized spacial score (nSPS) is 11.5. The zero-order valence-corrected chi connectivity index (χ0v) is 17.4. The van der Waals surface area contributed by atoms with Gasteiger partial charge in [0.05, 0.1) is 16.8 Å². The summed E-state index contributed by atoms with van der Waals surface area (Å²) in [4.78, 5) is 28.3. The fraction of sp³-hybridized carbons (Fsp3) is 0.304. The second kappa shape index (κ2) is 7.74. The van der Waals surface area contributed by atoms with E-state index in [9.17, 15) is 9.59 Å². The number of aldehydes is 1. The lowest BCUT2D eigenvalue weighted by molar-refractivity contribution is 0.0958. The number of aromatic nitrogens is 1. The van der Waals surface area contributed by atoms with Gasteiger partial charge in [-0.15, -0.1) is 0 Å². The molecule has 0 saturated heterocycles. The van der Waals surface area contributed by atoms with Crippen LogP contribution in [-0.2, 0) is 12.8 Å². The van der Waals surface area contributed by atoms with Crippen LogP contribution in [0.5, 0.6) is 0 Å². The van der Waals surface area contributed by atoms with Crippen molar-refractivity contribution < 1.29 is 22.8 Å². The molecule has 2 aromatic heterocycles. The first-order valence-corrected chi connectivity index (χ1v) is 10.0. The van der Waals surface area contributed by atoms with Crippen molar-refractivity contribution in [3.05, 3.63) is 46.8 Å². The molecular weight excluding hydrogens is 384 g/mol. The van der Waals surface area contributed by atoms with Gasteiger partial charge in [-0.25, -0.2) is 0 Å². The maximum absolute atomic E-state index is 12.8. The molecule has 0 spiro atoms. The summed E-state index contributed by atoms with van der Waals surface area (Å²) in [5.74, 6) is 0.659. The van der Waals surface area contributed by atoms with Crippen LogP contribution in [0.4, 0.5) is 0 Å². The average Bonchev–Trinajstić information content (AvgIpc) is 2.75. The van der Waals surface area contributed by atoms with Gasteiger partial charge in [-0.3, -0.25) is 9.59 Å². The zero-order chi connectivity index (χ0) is 21.4. The quantitative estimate of drug-likeness (QED) is 0.265. The van der Waals surface area contributed by atoms with Crippen LogP contribution in [0.2, 0.25) is 0 Å². The van der Waals surface area contributed by atoms with Gasteiger partial charge in [0.1, 0.15) is 11.3 Å². The van der Waals surface area contributed by atoms with Crippen molar-refractivity contribution >= 4 is 45.6 Å². The maximum atomic E-state index is 12.8. The smallest absolute Gasteiger partial charge is 0.255 e. The molecule has 0 unspecified atom stereocenters. The van der Waals surface area contributed by atoms with Crippen LogP contribution in [0.3, 0.4) is 0 Å². The Bertz CT molecular complexity index is 1310. The Morgan fingerprint density at radius 3 is 2.33 bits per heavy atom. The van der Waals surface area contributed by atoms with Crippen molar-refractivity contribution in [1.82, 2.24) is 10.3 Å². The van der Waals surface area contributed by atoms with E-state index < -0.39 is 5.91 Å². The van der Waals surface area contributed by atoms with Crippen LogP contribution in [0.25, 0.3) is 33.4 Å². The third-order valence-electron chi connectivity index (χ3n) is 5.03. The molecule has 0 aliphatic carbocycles. The monoisotopic (exact) mass is 408 g/mol. The summed E-state index contributed by atoms with van der Waals surface area (Å²) in [7, 11) is 1.51. The molecule has 0 saturated carbocycles. The molecule has 4 rings (SSSR count). The van der Waals surface area contributed by atoms with Crippen molar-refractivity contribution in [2.75, 3.05) is 7.05 Å². The number of hydrogen-bond acceptors (Lipinski definition) is 5. The van der Waals surface area contributed by atoms with Crippen LogP contribution >= 0.6 is 0 Å². The van der Waals surface area contributed by atoms with Crippen molar-refractivity contribution in [3.63, 3.8) is 0 Å². The van der Waals surface area contributed by atoms with Gasteiger partial charge >= 0.3 is 0 Å². The van der Waals surface area contributed by atoms with Crippen LogP contribution < -0.4 is 5.32 Å². The topological polar surface area (TPSA) is 101 Å². The molecule has 0 aliphatic heterocycles. The molecule has 0 aliphatic rings. The van der Waals surface area contributed by atoms with Gasteiger partial charge in [-0.2, -0.15) is 0 Å². The predicted octanol–water partition coefficient (Wildman–Crippen LogP) is 5.31. The summed E-state index contributed by atoms with van der Waals surface area (Å²) in [6.07, 6.45) is 2.00. The number of amides is 1. The standard InChI is InChI=1S/C23H24N2O5/c1-5-14-17(10-12(2)3)30-21-18(23(27)24-4)13(11-26)20-22(19(21)25-14)29-16-9-7-6-8-15(16)28-20/h6-9,11-12,25H,5,10H2,1-4H3,(H,24,27). The van der Waals surface area contributed by atoms with Gasteiger partial charge in [-0.05, 0) is 24.5 Å². The van der Waals surface area contributed by atoms with Crippen molar-refractivity contribution in [1.29, 1.82) is 0 Å². The van der Waals surface area contributed by atoms with E-state index in [0.29, 0.717) is 47.3 Å². The highest BCUT2D eigenvalue weighted by atomic mass is 16.4. The van der Waals surface area contributed by atoms with Crippen LogP contribution in [0, 0.1) is 5.92 Å². The molecule has 30 heavy (non-hydrogen) atoms. The number of carbonyl (C=O) groups is 2. The number of benzene rings is 2.